The molecular formula is C23H35NO2. The summed E-state index contributed by atoms with van der Waals surface area (Å²) < 4.78 is 5.95. The third kappa shape index (κ3) is 5.65. The van der Waals surface area contributed by atoms with Crippen LogP contribution in [0.4, 0.5) is 0 Å². The fraction of sp³-hybridized carbons (Fsp3) is 0.696. The van der Waals surface area contributed by atoms with Gasteiger partial charge in [0.15, 0.2) is 5.78 Å². The first-order chi connectivity index (χ1) is 12.8. The van der Waals surface area contributed by atoms with Crippen molar-refractivity contribution < 1.29 is 9.53 Å². The van der Waals surface area contributed by atoms with E-state index in [0.29, 0.717) is 24.9 Å². The van der Waals surface area contributed by atoms with Gasteiger partial charge >= 0.3 is 0 Å². The number of nitrogens with two attached hydrogens (primary N) is 1. The van der Waals surface area contributed by atoms with Crippen LogP contribution in [0.25, 0.3) is 0 Å². The molecule has 2 aliphatic carbocycles. The minimum absolute atomic E-state index is 0.197. The van der Waals surface area contributed by atoms with E-state index in [9.17, 15) is 4.79 Å². The molecule has 2 aliphatic rings. The molecule has 0 amide bonds. The maximum absolute atomic E-state index is 12.6. The smallest absolute Gasteiger partial charge is 0.163 e. The first-order valence-corrected chi connectivity index (χ1v) is 10.7. The molecule has 0 heterocycles. The van der Waals surface area contributed by atoms with E-state index in [0.717, 1.165) is 5.56 Å². The molecule has 1 atom stereocenters. The van der Waals surface area contributed by atoms with E-state index >= 15 is 0 Å². The van der Waals surface area contributed by atoms with Crippen LogP contribution in [0.5, 0.6) is 0 Å². The van der Waals surface area contributed by atoms with Gasteiger partial charge in [-0.05, 0) is 35.8 Å². The van der Waals surface area contributed by atoms with Crippen molar-refractivity contribution in [1.82, 2.24) is 0 Å². The van der Waals surface area contributed by atoms with Gasteiger partial charge < -0.3 is 10.5 Å². The van der Waals surface area contributed by atoms with Gasteiger partial charge in [-0.15, -0.1) is 0 Å². The zero-order valence-electron chi connectivity index (χ0n) is 16.1. The monoisotopic (exact) mass is 357 g/mol. The molecule has 1 aromatic carbocycles. The summed E-state index contributed by atoms with van der Waals surface area (Å²) in [7, 11) is 0. The van der Waals surface area contributed by atoms with Crippen molar-refractivity contribution in [2.75, 3.05) is 6.54 Å². The molecule has 0 saturated heterocycles. The average molecular weight is 358 g/mol. The van der Waals surface area contributed by atoms with Crippen LogP contribution >= 0.6 is 0 Å². The highest BCUT2D eigenvalue weighted by molar-refractivity contribution is 5.83. The molecule has 0 unspecified atom stereocenters. The second-order valence-electron chi connectivity index (χ2n) is 8.29. The summed E-state index contributed by atoms with van der Waals surface area (Å²) in [6, 6.07) is 8.75. The van der Waals surface area contributed by atoms with E-state index in [4.69, 9.17) is 10.5 Å². The first-order valence-electron chi connectivity index (χ1n) is 10.7. The highest BCUT2D eigenvalue weighted by Crippen LogP contribution is 2.33. The number of hydrogen-bond donors (Lipinski definition) is 1. The molecule has 3 rings (SSSR count). The number of carbonyl (C=O) groups excluding carboxylic acids is 1. The Kier molecular flexibility index (Phi) is 7.69. The Morgan fingerprint density at radius 2 is 1.73 bits per heavy atom. The van der Waals surface area contributed by atoms with Crippen molar-refractivity contribution in [2.24, 2.45) is 11.7 Å². The Hall–Kier alpha value is -1.19. The number of ketones is 1. The average Bonchev–Trinajstić information content (AvgIpc) is 2.70. The zero-order chi connectivity index (χ0) is 18.2. The van der Waals surface area contributed by atoms with Crippen molar-refractivity contribution in [3.63, 3.8) is 0 Å². The third-order valence-electron chi connectivity index (χ3n) is 6.27. The lowest BCUT2D eigenvalue weighted by Crippen LogP contribution is -2.33. The first kappa shape index (κ1) is 19.6. The van der Waals surface area contributed by atoms with Gasteiger partial charge in [-0.3, -0.25) is 4.79 Å². The maximum Gasteiger partial charge on any atom is 0.163 e. The van der Waals surface area contributed by atoms with E-state index in [1.165, 1.54) is 69.8 Å². The molecule has 1 aromatic rings. The van der Waals surface area contributed by atoms with Gasteiger partial charge in [0.2, 0.25) is 0 Å². The molecular weight excluding hydrogens is 322 g/mol. The fourth-order valence-electron chi connectivity index (χ4n) is 4.67. The maximum atomic E-state index is 12.6. The quantitative estimate of drug-likeness (QED) is 0.703. The molecule has 3 heteroatoms. The summed E-state index contributed by atoms with van der Waals surface area (Å²) in [5.74, 6) is 1.44. The predicted octanol–water partition coefficient (Wildman–Crippen LogP) is 5.12. The van der Waals surface area contributed by atoms with Gasteiger partial charge in [-0.25, -0.2) is 0 Å². The molecule has 26 heavy (non-hydrogen) atoms. The van der Waals surface area contributed by atoms with Crippen LogP contribution in [0.1, 0.15) is 87.7 Å². The summed E-state index contributed by atoms with van der Waals surface area (Å²) in [6.45, 7) is 0.771. The van der Waals surface area contributed by atoms with Crippen molar-refractivity contribution in [3.8, 4) is 0 Å². The largest absolute Gasteiger partial charge is 0.364 e. The molecule has 2 saturated carbocycles. The molecule has 0 radical (unpaired) electrons. The highest BCUT2D eigenvalue weighted by Gasteiger charge is 2.23. The highest BCUT2D eigenvalue weighted by atomic mass is 16.5. The Balaban J connectivity index is 1.51. The Bertz CT molecular complexity index is 559. The van der Waals surface area contributed by atoms with Crippen molar-refractivity contribution in [1.29, 1.82) is 0 Å². The van der Waals surface area contributed by atoms with Crippen LogP contribution in [0.2, 0.25) is 0 Å². The van der Waals surface area contributed by atoms with E-state index in [-0.39, 0.29) is 12.3 Å². The van der Waals surface area contributed by atoms with Gasteiger partial charge in [-0.1, -0.05) is 75.6 Å². The lowest BCUT2D eigenvalue weighted by molar-refractivity contribution is -0.131. The van der Waals surface area contributed by atoms with Crippen LogP contribution in [0.15, 0.2) is 24.3 Å². The summed E-state index contributed by atoms with van der Waals surface area (Å²) in [5, 5.41) is 0. The van der Waals surface area contributed by atoms with Gasteiger partial charge in [0.1, 0.15) is 6.10 Å². The molecule has 0 bridgehead atoms. The summed E-state index contributed by atoms with van der Waals surface area (Å²) in [4.78, 5) is 12.6. The standard InChI is InChI=1S/C23H35NO2/c24-16-23(22(25)15-18-8-3-1-4-9-18)26-17-19-10-7-13-21(14-19)20-11-5-2-6-12-20/h7,10,13-14,18,20,23H,1-6,8-9,11-12,15-17,24H2/t23-/m1/s1. The minimum atomic E-state index is -0.449. The molecule has 2 N–H and O–H groups in total. The van der Waals surface area contributed by atoms with E-state index < -0.39 is 6.10 Å². The lowest BCUT2D eigenvalue weighted by Gasteiger charge is -2.24. The SMILES string of the molecule is NC[C@@H](OCc1cccc(C2CCCCC2)c1)C(=O)CC1CCCCC1. The molecule has 3 nitrogen and oxygen atoms in total. The van der Waals surface area contributed by atoms with Crippen LogP contribution in [0, 0.1) is 5.92 Å². The van der Waals surface area contributed by atoms with Crippen LogP contribution in [-0.2, 0) is 16.1 Å². The zero-order valence-corrected chi connectivity index (χ0v) is 16.1. The number of ether oxygens (including phenoxy) is 1. The van der Waals surface area contributed by atoms with Crippen LogP contribution in [-0.4, -0.2) is 18.4 Å². The van der Waals surface area contributed by atoms with Crippen molar-refractivity contribution in [2.45, 2.75) is 89.3 Å². The summed E-state index contributed by atoms with van der Waals surface area (Å²) >= 11 is 0. The minimum Gasteiger partial charge on any atom is -0.364 e. The van der Waals surface area contributed by atoms with Gasteiger partial charge in [-0.2, -0.15) is 0 Å². The number of rotatable bonds is 8. The van der Waals surface area contributed by atoms with Crippen molar-refractivity contribution in [3.05, 3.63) is 35.4 Å². The van der Waals surface area contributed by atoms with Gasteiger partial charge in [0, 0.05) is 13.0 Å². The van der Waals surface area contributed by atoms with Crippen LogP contribution < -0.4 is 5.73 Å². The third-order valence-corrected chi connectivity index (χ3v) is 6.27. The molecule has 0 aromatic heterocycles. The summed E-state index contributed by atoms with van der Waals surface area (Å²) in [5.41, 5.74) is 8.44. The van der Waals surface area contributed by atoms with Crippen molar-refractivity contribution >= 4 is 5.78 Å². The van der Waals surface area contributed by atoms with Gasteiger partial charge in [0.25, 0.3) is 0 Å². The second kappa shape index (κ2) is 10.2. The molecule has 2 fully saturated rings. The van der Waals surface area contributed by atoms with Crippen LogP contribution in [0.3, 0.4) is 0 Å². The Morgan fingerprint density at radius 1 is 1.04 bits per heavy atom. The van der Waals surface area contributed by atoms with E-state index in [1.54, 1.807) is 0 Å². The number of benzene rings is 1. The molecule has 0 aliphatic heterocycles. The molecule has 0 spiro atoms. The Morgan fingerprint density at radius 3 is 2.42 bits per heavy atom. The number of Topliss-reactive ketones (excluding diaryl/α,β-unsaturated/α-hetero) is 1. The number of hydrogen-bond acceptors (Lipinski definition) is 3. The number of carbonyl (C=O) groups is 1. The second-order valence-corrected chi connectivity index (χ2v) is 8.29. The normalized spacial score (nSPS) is 20.8. The fourth-order valence-corrected chi connectivity index (χ4v) is 4.67. The van der Waals surface area contributed by atoms with E-state index in [1.807, 2.05) is 0 Å². The summed E-state index contributed by atoms with van der Waals surface area (Å²) in [6.07, 6.45) is 13.1. The lowest BCUT2D eigenvalue weighted by atomic mass is 9.84. The Labute approximate surface area is 158 Å². The molecule has 144 valence electrons. The van der Waals surface area contributed by atoms with E-state index in [2.05, 4.69) is 24.3 Å². The predicted molar refractivity (Wildman–Crippen MR) is 106 cm³/mol. The van der Waals surface area contributed by atoms with Gasteiger partial charge in [0.05, 0.1) is 6.61 Å². The topological polar surface area (TPSA) is 52.3 Å².